The van der Waals surface area contributed by atoms with Crippen molar-refractivity contribution in [2.24, 2.45) is 0 Å². The van der Waals surface area contributed by atoms with Gasteiger partial charge in [0.25, 0.3) is 0 Å². The maximum absolute atomic E-state index is 13.5. The highest BCUT2D eigenvalue weighted by Crippen LogP contribution is 2.32. The molecule has 0 spiro atoms. The van der Waals surface area contributed by atoms with Gasteiger partial charge in [0.15, 0.2) is 17.3 Å². The van der Waals surface area contributed by atoms with Crippen LogP contribution >= 0.6 is 0 Å². The molecule has 1 aromatic carbocycles. The van der Waals surface area contributed by atoms with Crippen LogP contribution in [0, 0.1) is 11.6 Å². The van der Waals surface area contributed by atoms with Crippen molar-refractivity contribution in [2.45, 2.75) is 13.3 Å². The Morgan fingerprint density at radius 2 is 1.95 bits per heavy atom. The quantitative estimate of drug-likeness (QED) is 0.912. The lowest BCUT2D eigenvalue weighted by Crippen LogP contribution is -2.04. The van der Waals surface area contributed by atoms with E-state index >= 15 is 0 Å². The van der Waals surface area contributed by atoms with Gasteiger partial charge in [-0.1, -0.05) is 6.92 Å². The van der Waals surface area contributed by atoms with E-state index in [0.29, 0.717) is 6.61 Å². The molecule has 0 fully saturated rings. The number of ether oxygens (including phenoxy) is 2. The summed E-state index contributed by atoms with van der Waals surface area (Å²) in [5.41, 5.74) is 5.80. The van der Waals surface area contributed by atoms with Gasteiger partial charge >= 0.3 is 0 Å². The fraction of sp³-hybridized carbons (Fsp3) is 0.231. The predicted molar refractivity (Wildman–Crippen MR) is 68.7 cm³/mol. The zero-order chi connectivity index (χ0) is 14.5. The van der Waals surface area contributed by atoms with Gasteiger partial charge in [-0.3, -0.25) is 0 Å². The van der Waals surface area contributed by atoms with E-state index in [9.17, 15) is 8.78 Å². The highest BCUT2D eigenvalue weighted by Gasteiger charge is 2.14. The summed E-state index contributed by atoms with van der Waals surface area (Å²) in [5, 5.41) is 0. The van der Waals surface area contributed by atoms with Crippen LogP contribution in [0.1, 0.15) is 13.3 Å². The largest absolute Gasteiger partial charge is 0.476 e. The Morgan fingerprint density at radius 1 is 1.20 bits per heavy atom. The molecule has 2 N–H and O–H groups in total. The summed E-state index contributed by atoms with van der Waals surface area (Å²) in [6.45, 7) is 2.35. The van der Waals surface area contributed by atoms with Crippen molar-refractivity contribution in [1.82, 2.24) is 9.97 Å². The summed E-state index contributed by atoms with van der Waals surface area (Å²) < 4.78 is 37.0. The number of rotatable bonds is 5. The molecule has 0 radical (unpaired) electrons. The topological polar surface area (TPSA) is 70.3 Å². The number of nitrogen functional groups attached to an aromatic ring is 1. The average molecular weight is 281 g/mol. The molecule has 0 bridgehead atoms. The number of hydrogen-bond donors (Lipinski definition) is 1. The van der Waals surface area contributed by atoms with E-state index in [2.05, 4.69) is 9.97 Å². The number of anilines is 1. The molecule has 1 heterocycles. The van der Waals surface area contributed by atoms with Crippen LogP contribution in [-0.2, 0) is 0 Å². The summed E-state index contributed by atoms with van der Waals surface area (Å²) in [6.07, 6.45) is 1.95. The molecule has 5 nitrogen and oxygen atoms in total. The lowest BCUT2D eigenvalue weighted by Gasteiger charge is -2.11. The Kier molecular flexibility index (Phi) is 4.29. The van der Waals surface area contributed by atoms with Crippen molar-refractivity contribution in [3.05, 3.63) is 36.2 Å². The van der Waals surface area contributed by atoms with E-state index in [1.807, 2.05) is 6.92 Å². The van der Waals surface area contributed by atoms with E-state index in [4.69, 9.17) is 15.2 Å². The number of nitrogens with two attached hydrogens (primary N) is 1. The Balaban J connectivity index is 2.27. The van der Waals surface area contributed by atoms with E-state index < -0.39 is 11.6 Å². The molecule has 0 unspecified atom stereocenters. The van der Waals surface area contributed by atoms with Crippen LogP contribution in [-0.4, -0.2) is 16.6 Å². The molecular weight excluding hydrogens is 268 g/mol. The zero-order valence-corrected chi connectivity index (χ0v) is 10.8. The third-order valence-electron chi connectivity index (χ3n) is 2.35. The Morgan fingerprint density at radius 3 is 2.70 bits per heavy atom. The summed E-state index contributed by atoms with van der Waals surface area (Å²) in [6, 6.07) is 2.85. The first kappa shape index (κ1) is 14.0. The molecule has 0 amide bonds. The molecule has 0 aliphatic rings. The lowest BCUT2D eigenvalue weighted by atomic mass is 10.3. The second kappa shape index (κ2) is 6.14. The van der Waals surface area contributed by atoms with Gasteiger partial charge in [0.2, 0.25) is 11.8 Å². The molecule has 0 atom stereocenters. The summed E-state index contributed by atoms with van der Waals surface area (Å²) in [7, 11) is 0. The van der Waals surface area contributed by atoms with Crippen LogP contribution in [0.4, 0.5) is 14.5 Å². The van der Waals surface area contributed by atoms with Crippen LogP contribution in [0.5, 0.6) is 17.5 Å². The SMILES string of the molecule is CCCOc1ncnc(Oc2cc(F)ccc2F)c1N. The number of aromatic nitrogens is 2. The van der Waals surface area contributed by atoms with Crippen LogP contribution in [0.3, 0.4) is 0 Å². The van der Waals surface area contributed by atoms with Crippen LogP contribution in [0.15, 0.2) is 24.5 Å². The fourth-order valence-corrected chi connectivity index (χ4v) is 1.42. The van der Waals surface area contributed by atoms with Gasteiger partial charge in [0.05, 0.1) is 6.61 Å². The van der Waals surface area contributed by atoms with Gasteiger partial charge in [-0.2, -0.15) is 9.97 Å². The third-order valence-corrected chi connectivity index (χ3v) is 2.35. The molecule has 106 valence electrons. The molecule has 0 aliphatic carbocycles. The zero-order valence-electron chi connectivity index (χ0n) is 10.8. The van der Waals surface area contributed by atoms with E-state index in [-0.39, 0.29) is 23.2 Å². The lowest BCUT2D eigenvalue weighted by molar-refractivity contribution is 0.304. The van der Waals surface area contributed by atoms with Crippen LogP contribution in [0.25, 0.3) is 0 Å². The molecular formula is C13H13F2N3O2. The first-order valence-electron chi connectivity index (χ1n) is 5.98. The Hall–Kier alpha value is -2.44. The molecule has 7 heteroatoms. The van der Waals surface area contributed by atoms with Crippen molar-refractivity contribution >= 4 is 5.69 Å². The highest BCUT2D eigenvalue weighted by molar-refractivity contribution is 5.56. The van der Waals surface area contributed by atoms with Gasteiger partial charge in [-0.25, -0.2) is 8.78 Å². The van der Waals surface area contributed by atoms with Gasteiger partial charge in [0, 0.05) is 6.07 Å². The average Bonchev–Trinajstić information content (AvgIpc) is 2.44. The van der Waals surface area contributed by atoms with Crippen molar-refractivity contribution in [1.29, 1.82) is 0 Å². The van der Waals surface area contributed by atoms with E-state index in [1.54, 1.807) is 0 Å². The summed E-state index contributed by atoms with van der Waals surface area (Å²) in [5.74, 6) is -1.60. The molecule has 2 rings (SSSR count). The maximum Gasteiger partial charge on any atom is 0.249 e. The molecule has 0 aliphatic heterocycles. The molecule has 2 aromatic rings. The first-order valence-corrected chi connectivity index (χ1v) is 5.98. The van der Waals surface area contributed by atoms with Gasteiger partial charge in [-0.15, -0.1) is 0 Å². The smallest absolute Gasteiger partial charge is 0.249 e. The van der Waals surface area contributed by atoms with Gasteiger partial charge < -0.3 is 15.2 Å². The van der Waals surface area contributed by atoms with E-state index in [1.165, 1.54) is 6.33 Å². The van der Waals surface area contributed by atoms with Crippen LogP contribution < -0.4 is 15.2 Å². The fourth-order valence-electron chi connectivity index (χ4n) is 1.42. The minimum absolute atomic E-state index is 0.0320. The van der Waals surface area contributed by atoms with Crippen molar-refractivity contribution in [2.75, 3.05) is 12.3 Å². The van der Waals surface area contributed by atoms with Gasteiger partial charge in [-0.05, 0) is 18.6 Å². The Labute approximate surface area is 114 Å². The number of nitrogens with zero attached hydrogens (tertiary/aromatic N) is 2. The Bertz CT molecular complexity index is 608. The molecule has 0 saturated heterocycles. The summed E-state index contributed by atoms with van der Waals surface area (Å²) >= 11 is 0. The number of hydrogen-bond acceptors (Lipinski definition) is 5. The molecule has 1 aromatic heterocycles. The molecule has 0 saturated carbocycles. The minimum atomic E-state index is -0.722. The minimum Gasteiger partial charge on any atom is -0.476 e. The monoisotopic (exact) mass is 281 g/mol. The van der Waals surface area contributed by atoms with Crippen molar-refractivity contribution in [3.8, 4) is 17.5 Å². The normalized spacial score (nSPS) is 10.3. The standard InChI is InChI=1S/C13H13F2N3O2/c1-2-5-19-12-11(16)13(18-7-17-12)20-10-6-8(14)3-4-9(10)15/h3-4,6-7H,2,5,16H2,1H3. The number of halogens is 2. The van der Waals surface area contributed by atoms with Gasteiger partial charge in [0.1, 0.15) is 12.1 Å². The summed E-state index contributed by atoms with van der Waals surface area (Å²) in [4.78, 5) is 7.64. The predicted octanol–water partition coefficient (Wildman–Crippen LogP) is 2.92. The van der Waals surface area contributed by atoms with Crippen molar-refractivity contribution < 1.29 is 18.3 Å². The second-order valence-corrected chi connectivity index (χ2v) is 3.92. The number of benzene rings is 1. The third kappa shape index (κ3) is 3.11. The van der Waals surface area contributed by atoms with E-state index in [0.717, 1.165) is 24.6 Å². The molecule has 20 heavy (non-hydrogen) atoms. The first-order chi connectivity index (χ1) is 9.61. The highest BCUT2D eigenvalue weighted by atomic mass is 19.1. The maximum atomic E-state index is 13.5. The van der Waals surface area contributed by atoms with Crippen LogP contribution in [0.2, 0.25) is 0 Å². The second-order valence-electron chi connectivity index (χ2n) is 3.92. The van der Waals surface area contributed by atoms with Crippen molar-refractivity contribution in [3.63, 3.8) is 0 Å².